The van der Waals surface area contributed by atoms with Gasteiger partial charge in [0.05, 0.1) is 47.3 Å². The molecular formula is C29H37ClN6O2. The maximum Gasteiger partial charge on any atom is 0.227 e. The minimum atomic E-state index is -0.0929. The molecule has 2 saturated heterocycles. The number of piperidine rings is 1. The number of nitrogens with zero attached hydrogens (tertiary/aromatic N) is 5. The first kappa shape index (κ1) is 24.8. The summed E-state index contributed by atoms with van der Waals surface area (Å²) in [5.74, 6) is 1.02. The summed E-state index contributed by atoms with van der Waals surface area (Å²) >= 11 is 6.76. The Bertz CT molecular complexity index is 1370. The molecule has 0 spiro atoms. The quantitative estimate of drug-likeness (QED) is 0.427. The minimum absolute atomic E-state index is 0.0929. The van der Waals surface area contributed by atoms with Gasteiger partial charge in [0, 0.05) is 35.3 Å². The number of fused-ring (bicyclic) bond motifs is 1. The Hall–Kier alpha value is -2.26. The normalized spacial score (nSPS) is 29.0. The zero-order chi connectivity index (χ0) is 26.3. The van der Waals surface area contributed by atoms with Gasteiger partial charge in [0.1, 0.15) is 0 Å². The van der Waals surface area contributed by atoms with Gasteiger partial charge in [0.2, 0.25) is 5.95 Å². The van der Waals surface area contributed by atoms with Crippen molar-refractivity contribution < 1.29 is 9.47 Å². The molecule has 3 saturated carbocycles. The first-order valence-corrected chi connectivity index (χ1v) is 14.2. The number of ether oxygens (including phenoxy) is 2. The van der Waals surface area contributed by atoms with E-state index in [4.69, 9.17) is 31.2 Å². The van der Waals surface area contributed by atoms with Crippen molar-refractivity contribution in [3.8, 4) is 0 Å². The van der Waals surface area contributed by atoms with Crippen LogP contribution in [-0.4, -0.2) is 69.2 Å². The lowest BCUT2D eigenvalue weighted by molar-refractivity contribution is -0.284. The van der Waals surface area contributed by atoms with Crippen LogP contribution in [0.3, 0.4) is 0 Å². The number of likely N-dealkylation sites (tertiary alicyclic amines) is 1. The number of hydrogen-bond donors (Lipinski definition) is 1. The SMILES string of the molecule is COC(C)(C)C12CC(n3cc(Nc4ncc5cc(Cl)c(C6CCN(C7(C)COC7)CC6)cc5n4)cn3)(C1)C2. The molecule has 3 aliphatic carbocycles. The number of rotatable bonds is 7. The van der Waals surface area contributed by atoms with Crippen LogP contribution in [-0.2, 0) is 15.0 Å². The van der Waals surface area contributed by atoms with Crippen LogP contribution in [0.15, 0.2) is 30.7 Å². The Balaban J connectivity index is 1.05. The average Bonchev–Trinajstić information content (AvgIpc) is 3.28. The van der Waals surface area contributed by atoms with Gasteiger partial charge < -0.3 is 14.8 Å². The van der Waals surface area contributed by atoms with Crippen LogP contribution in [0.1, 0.15) is 64.4 Å². The molecule has 8 rings (SSSR count). The highest BCUT2D eigenvalue weighted by Crippen LogP contribution is 2.75. The molecule has 38 heavy (non-hydrogen) atoms. The maximum atomic E-state index is 6.76. The molecule has 0 unspecified atom stereocenters. The lowest BCUT2D eigenvalue weighted by Gasteiger charge is -2.74. The van der Waals surface area contributed by atoms with Crippen LogP contribution < -0.4 is 5.32 Å². The van der Waals surface area contributed by atoms with E-state index in [9.17, 15) is 0 Å². The molecule has 2 bridgehead atoms. The number of benzene rings is 1. The monoisotopic (exact) mass is 536 g/mol. The summed E-state index contributed by atoms with van der Waals surface area (Å²) in [5.41, 5.74) is 3.54. The highest BCUT2D eigenvalue weighted by atomic mass is 35.5. The van der Waals surface area contributed by atoms with Gasteiger partial charge >= 0.3 is 0 Å². The molecule has 202 valence electrons. The largest absolute Gasteiger partial charge is 0.378 e. The fourth-order valence-electron chi connectivity index (χ4n) is 7.36. The Morgan fingerprint density at radius 3 is 2.53 bits per heavy atom. The zero-order valence-electron chi connectivity index (χ0n) is 22.8. The van der Waals surface area contributed by atoms with Crippen LogP contribution in [0.4, 0.5) is 11.6 Å². The predicted octanol–water partition coefficient (Wildman–Crippen LogP) is 5.50. The summed E-state index contributed by atoms with van der Waals surface area (Å²) in [6.07, 6.45) is 11.4. The molecular weight excluding hydrogens is 500 g/mol. The van der Waals surface area contributed by atoms with E-state index in [1.54, 1.807) is 0 Å². The summed E-state index contributed by atoms with van der Waals surface area (Å²) in [6, 6.07) is 4.18. The van der Waals surface area contributed by atoms with Crippen molar-refractivity contribution in [2.24, 2.45) is 5.41 Å². The Morgan fingerprint density at radius 1 is 1.13 bits per heavy atom. The third-order valence-corrected chi connectivity index (χ3v) is 10.7. The van der Waals surface area contributed by atoms with Gasteiger partial charge in [-0.05, 0) is 89.6 Å². The van der Waals surface area contributed by atoms with Crippen LogP contribution in [0.25, 0.3) is 10.9 Å². The molecule has 2 aromatic heterocycles. The number of nitrogens with one attached hydrogen (secondary N) is 1. The third kappa shape index (κ3) is 3.64. The van der Waals surface area contributed by atoms with E-state index in [1.165, 1.54) is 5.56 Å². The molecule has 9 heteroatoms. The Labute approximate surface area is 229 Å². The number of anilines is 2. The molecule has 4 heterocycles. The van der Waals surface area contributed by atoms with Crippen molar-refractivity contribution >= 4 is 34.1 Å². The van der Waals surface area contributed by atoms with E-state index in [1.807, 2.05) is 25.6 Å². The zero-order valence-corrected chi connectivity index (χ0v) is 23.5. The lowest BCUT2D eigenvalue weighted by atomic mass is 9.35. The molecule has 5 fully saturated rings. The summed E-state index contributed by atoms with van der Waals surface area (Å²) in [4.78, 5) is 12.0. The second-order valence-corrected chi connectivity index (χ2v) is 13.3. The molecule has 8 nitrogen and oxygen atoms in total. The smallest absolute Gasteiger partial charge is 0.227 e. The van der Waals surface area contributed by atoms with E-state index in [2.05, 4.69) is 52.9 Å². The molecule has 0 radical (unpaired) electrons. The van der Waals surface area contributed by atoms with Crippen molar-refractivity contribution in [2.45, 2.75) is 75.5 Å². The second-order valence-electron chi connectivity index (χ2n) is 12.9. The fourth-order valence-corrected chi connectivity index (χ4v) is 7.69. The van der Waals surface area contributed by atoms with Crippen LogP contribution >= 0.6 is 11.6 Å². The summed E-state index contributed by atoms with van der Waals surface area (Å²) in [6.45, 7) is 10.5. The Morgan fingerprint density at radius 2 is 1.87 bits per heavy atom. The number of methoxy groups -OCH3 is 1. The summed E-state index contributed by atoms with van der Waals surface area (Å²) in [5, 5.41) is 9.83. The van der Waals surface area contributed by atoms with E-state index < -0.39 is 0 Å². The van der Waals surface area contributed by atoms with Crippen molar-refractivity contribution in [1.29, 1.82) is 0 Å². The van der Waals surface area contributed by atoms with Crippen molar-refractivity contribution in [3.63, 3.8) is 0 Å². The molecule has 1 aromatic carbocycles. The van der Waals surface area contributed by atoms with Gasteiger partial charge in [-0.2, -0.15) is 5.10 Å². The van der Waals surface area contributed by atoms with E-state index in [0.717, 1.165) is 80.0 Å². The second kappa shape index (κ2) is 8.37. The molecule has 0 atom stereocenters. The minimum Gasteiger partial charge on any atom is -0.378 e. The lowest BCUT2D eigenvalue weighted by Crippen LogP contribution is -2.74. The summed E-state index contributed by atoms with van der Waals surface area (Å²) in [7, 11) is 1.82. The molecule has 5 aliphatic rings. The van der Waals surface area contributed by atoms with Gasteiger partial charge in [-0.3, -0.25) is 9.58 Å². The van der Waals surface area contributed by atoms with E-state index >= 15 is 0 Å². The van der Waals surface area contributed by atoms with E-state index in [0.29, 0.717) is 11.9 Å². The van der Waals surface area contributed by atoms with Gasteiger partial charge in [-0.1, -0.05) is 11.6 Å². The Kier molecular flexibility index (Phi) is 5.45. The summed E-state index contributed by atoms with van der Waals surface area (Å²) < 4.78 is 13.4. The standard InChI is InChI=1S/C29H37ClN6O2/c1-26(2,37-4)28-14-29(15-28,16-28)36-13-21(12-32-36)33-25-31-11-20-9-23(30)22(10-24(20)34-25)19-5-7-35(8-6-19)27(3)17-38-18-27/h9-13,19H,5-8,14-18H2,1-4H3,(H,31,33,34). The molecule has 3 aromatic rings. The van der Waals surface area contributed by atoms with Gasteiger partial charge in [0.15, 0.2) is 0 Å². The highest BCUT2D eigenvalue weighted by molar-refractivity contribution is 6.32. The molecule has 1 N–H and O–H groups in total. The van der Waals surface area contributed by atoms with Crippen LogP contribution in [0, 0.1) is 5.41 Å². The van der Waals surface area contributed by atoms with Gasteiger partial charge in [-0.25, -0.2) is 9.97 Å². The van der Waals surface area contributed by atoms with Crippen molar-refractivity contribution in [3.05, 3.63) is 41.3 Å². The maximum absolute atomic E-state index is 6.76. The van der Waals surface area contributed by atoms with E-state index in [-0.39, 0.29) is 22.1 Å². The van der Waals surface area contributed by atoms with Crippen molar-refractivity contribution in [2.75, 3.05) is 38.7 Å². The first-order valence-electron chi connectivity index (χ1n) is 13.8. The highest BCUT2D eigenvalue weighted by Gasteiger charge is 2.74. The van der Waals surface area contributed by atoms with Crippen molar-refractivity contribution in [1.82, 2.24) is 24.6 Å². The van der Waals surface area contributed by atoms with Gasteiger partial charge in [0.25, 0.3) is 0 Å². The van der Waals surface area contributed by atoms with Crippen LogP contribution in [0.2, 0.25) is 5.02 Å². The third-order valence-electron chi connectivity index (χ3n) is 10.3. The predicted molar refractivity (Wildman–Crippen MR) is 148 cm³/mol. The fraction of sp³-hybridized carbons (Fsp3) is 0.621. The molecule has 2 aliphatic heterocycles. The molecule has 0 amide bonds. The van der Waals surface area contributed by atoms with Gasteiger partial charge in [-0.15, -0.1) is 0 Å². The number of hydrogen-bond acceptors (Lipinski definition) is 7. The number of aromatic nitrogens is 4. The first-order chi connectivity index (χ1) is 18.1. The topological polar surface area (TPSA) is 77.3 Å². The van der Waals surface area contributed by atoms with Crippen LogP contribution in [0.5, 0.6) is 0 Å². The number of halogens is 1. The average molecular weight is 537 g/mol.